The molecule has 3 atom stereocenters. The van der Waals surface area contributed by atoms with Crippen LogP contribution in [0.5, 0.6) is 0 Å². The van der Waals surface area contributed by atoms with E-state index in [4.69, 9.17) is 5.73 Å². The Labute approximate surface area is 102 Å². The number of carbonyl (C=O) groups is 2. The molecule has 96 valence electrons. The molecule has 2 saturated heterocycles. The van der Waals surface area contributed by atoms with E-state index >= 15 is 0 Å². The standard InChI is InChI=1S/C12H21N3O2/c1-8-2-3-9(6-13)7-15(8)12(17)10-4-5-11(16)14-10/h8-10H,2-7,13H2,1H3,(H,14,16)/t8?,9?,10-/m1/s1. The predicted octanol–water partition coefficient (Wildman–Crippen LogP) is -0.149. The zero-order valence-electron chi connectivity index (χ0n) is 10.3. The summed E-state index contributed by atoms with van der Waals surface area (Å²) in [5, 5.41) is 2.74. The molecule has 0 bridgehead atoms. The van der Waals surface area contributed by atoms with Crippen molar-refractivity contribution in [1.82, 2.24) is 10.2 Å². The van der Waals surface area contributed by atoms with Crippen LogP contribution in [0, 0.1) is 5.92 Å². The van der Waals surface area contributed by atoms with E-state index in [9.17, 15) is 9.59 Å². The molecule has 0 aliphatic carbocycles. The first kappa shape index (κ1) is 12.4. The predicted molar refractivity (Wildman–Crippen MR) is 64.1 cm³/mol. The normalized spacial score (nSPS) is 33.6. The third kappa shape index (κ3) is 2.60. The average molecular weight is 239 g/mol. The van der Waals surface area contributed by atoms with Gasteiger partial charge in [0.05, 0.1) is 0 Å². The number of nitrogens with two attached hydrogens (primary N) is 1. The summed E-state index contributed by atoms with van der Waals surface area (Å²) in [6.45, 7) is 3.44. The van der Waals surface area contributed by atoms with Crippen LogP contribution in [0.1, 0.15) is 32.6 Å². The van der Waals surface area contributed by atoms with Crippen molar-refractivity contribution >= 4 is 11.8 Å². The molecule has 5 heteroatoms. The second-order valence-corrected chi connectivity index (χ2v) is 5.18. The van der Waals surface area contributed by atoms with Gasteiger partial charge in [-0.3, -0.25) is 9.59 Å². The maximum absolute atomic E-state index is 12.3. The van der Waals surface area contributed by atoms with Crippen molar-refractivity contribution in [3.8, 4) is 0 Å². The lowest BCUT2D eigenvalue weighted by Gasteiger charge is -2.38. The molecule has 0 aromatic heterocycles. The largest absolute Gasteiger partial charge is 0.344 e. The smallest absolute Gasteiger partial charge is 0.245 e. The van der Waals surface area contributed by atoms with E-state index in [-0.39, 0.29) is 23.9 Å². The molecule has 3 N–H and O–H groups in total. The molecule has 0 radical (unpaired) electrons. The minimum Gasteiger partial charge on any atom is -0.344 e. The van der Waals surface area contributed by atoms with Crippen molar-refractivity contribution in [2.24, 2.45) is 11.7 Å². The molecule has 0 spiro atoms. The Bertz CT molecular complexity index is 319. The number of nitrogens with zero attached hydrogens (tertiary/aromatic N) is 1. The topological polar surface area (TPSA) is 75.4 Å². The Morgan fingerprint density at radius 3 is 2.82 bits per heavy atom. The van der Waals surface area contributed by atoms with E-state index in [1.165, 1.54) is 0 Å². The first-order valence-electron chi connectivity index (χ1n) is 6.41. The van der Waals surface area contributed by atoms with Crippen molar-refractivity contribution in [1.29, 1.82) is 0 Å². The molecule has 2 amide bonds. The molecule has 0 aromatic rings. The molecule has 17 heavy (non-hydrogen) atoms. The first-order chi connectivity index (χ1) is 8.11. The van der Waals surface area contributed by atoms with E-state index in [1.54, 1.807) is 0 Å². The van der Waals surface area contributed by atoms with Crippen LogP contribution >= 0.6 is 0 Å². The minimum absolute atomic E-state index is 0.0108. The van der Waals surface area contributed by atoms with Crippen LogP contribution in [-0.4, -0.2) is 41.9 Å². The molecule has 2 aliphatic rings. The Morgan fingerprint density at radius 1 is 1.47 bits per heavy atom. The molecule has 2 rings (SSSR count). The van der Waals surface area contributed by atoms with Crippen molar-refractivity contribution in [3.63, 3.8) is 0 Å². The number of likely N-dealkylation sites (tertiary alicyclic amines) is 1. The second kappa shape index (κ2) is 5.04. The van der Waals surface area contributed by atoms with Crippen LogP contribution in [0.25, 0.3) is 0 Å². The van der Waals surface area contributed by atoms with Gasteiger partial charge in [0, 0.05) is 19.0 Å². The second-order valence-electron chi connectivity index (χ2n) is 5.18. The van der Waals surface area contributed by atoms with E-state index in [0.29, 0.717) is 25.3 Å². The van der Waals surface area contributed by atoms with Crippen LogP contribution in [0.4, 0.5) is 0 Å². The van der Waals surface area contributed by atoms with Gasteiger partial charge in [-0.25, -0.2) is 0 Å². The van der Waals surface area contributed by atoms with Crippen LogP contribution in [-0.2, 0) is 9.59 Å². The van der Waals surface area contributed by atoms with Crippen LogP contribution in [0.15, 0.2) is 0 Å². The zero-order valence-corrected chi connectivity index (χ0v) is 10.3. The van der Waals surface area contributed by atoms with Gasteiger partial charge in [-0.1, -0.05) is 0 Å². The van der Waals surface area contributed by atoms with Gasteiger partial charge < -0.3 is 16.0 Å². The maximum atomic E-state index is 12.3. The van der Waals surface area contributed by atoms with Gasteiger partial charge in [0.15, 0.2) is 0 Å². The van der Waals surface area contributed by atoms with E-state index in [2.05, 4.69) is 12.2 Å². The van der Waals surface area contributed by atoms with Gasteiger partial charge in [-0.2, -0.15) is 0 Å². The molecular formula is C12H21N3O2. The molecule has 2 unspecified atom stereocenters. The number of carbonyl (C=O) groups excluding carboxylic acids is 2. The molecule has 5 nitrogen and oxygen atoms in total. The van der Waals surface area contributed by atoms with Crippen molar-refractivity contribution in [2.75, 3.05) is 13.1 Å². The highest BCUT2D eigenvalue weighted by Crippen LogP contribution is 2.23. The molecule has 0 saturated carbocycles. The van der Waals surface area contributed by atoms with E-state index in [1.807, 2.05) is 4.90 Å². The maximum Gasteiger partial charge on any atom is 0.245 e. The summed E-state index contributed by atoms with van der Waals surface area (Å²) in [6.07, 6.45) is 3.21. The fourth-order valence-corrected chi connectivity index (χ4v) is 2.68. The highest BCUT2D eigenvalue weighted by Gasteiger charge is 2.35. The fourth-order valence-electron chi connectivity index (χ4n) is 2.68. The Hall–Kier alpha value is -1.10. The van der Waals surface area contributed by atoms with Crippen LogP contribution in [0.2, 0.25) is 0 Å². The number of amides is 2. The molecule has 2 aliphatic heterocycles. The molecule has 2 heterocycles. The Kier molecular flexibility index (Phi) is 3.66. The number of rotatable bonds is 2. The summed E-state index contributed by atoms with van der Waals surface area (Å²) in [4.78, 5) is 25.3. The number of hydrogen-bond acceptors (Lipinski definition) is 3. The van der Waals surface area contributed by atoms with Gasteiger partial charge in [0.25, 0.3) is 0 Å². The lowest BCUT2D eigenvalue weighted by Crippen LogP contribution is -2.52. The molecule has 0 aromatic carbocycles. The third-order valence-corrected chi connectivity index (χ3v) is 3.89. The van der Waals surface area contributed by atoms with Crippen LogP contribution < -0.4 is 11.1 Å². The van der Waals surface area contributed by atoms with Gasteiger partial charge in [0.2, 0.25) is 11.8 Å². The number of nitrogens with one attached hydrogen (secondary N) is 1. The summed E-state index contributed by atoms with van der Waals surface area (Å²) < 4.78 is 0. The molecule has 2 fully saturated rings. The van der Waals surface area contributed by atoms with Crippen molar-refractivity contribution in [2.45, 2.75) is 44.7 Å². The Balaban J connectivity index is 1.99. The van der Waals surface area contributed by atoms with E-state index in [0.717, 1.165) is 19.4 Å². The quantitative estimate of drug-likeness (QED) is 0.703. The Morgan fingerprint density at radius 2 is 2.24 bits per heavy atom. The summed E-state index contributed by atoms with van der Waals surface area (Å²) in [7, 11) is 0. The van der Waals surface area contributed by atoms with E-state index < -0.39 is 0 Å². The molecular weight excluding hydrogens is 218 g/mol. The summed E-state index contributed by atoms with van der Waals surface area (Å²) in [5.41, 5.74) is 5.68. The van der Waals surface area contributed by atoms with Crippen LogP contribution in [0.3, 0.4) is 0 Å². The summed E-state index contributed by atoms with van der Waals surface area (Å²) in [6, 6.07) is -0.0377. The minimum atomic E-state index is -0.304. The van der Waals surface area contributed by atoms with Crippen molar-refractivity contribution in [3.05, 3.63) is 0 Å². The van der Waals surface area contributed by atoms with Crippen molar-refractivity contribution < 1.29 is 9.59 Å². The number of hydrogen-bond donors (Lipinski definition) is 2. The SMILES string of the molecule is CC1CCC(CN)CN1C(=O)[C@H]1CCC(=O)N1. The van der Waals surface area contributed by atoms with Gasteiger partial charge >= 0.3 is 0 Å². The fraction of sp³-hybridized carbons (Fsp3) is 0.833. The lowest BCUT2D eigenvalue weighted by atomic mass is 9.93. The van der Waals surface area contributed by atoms with Gasteiger partial charge in [0.1, 0.15) is 6.04 Å². The highest BCUT2D eigenvalue weighted by molar-refractivity contribution is 5.91. The highest BCUT2D eigenvalue weighted by atomic mass is 16.2. The summed E-state index contributed by atoms with van der Waals surface area (Å²) in [5.74, 6) is 0.470. The monoisotopic (exact) mass is 239 g/mol. The zero-order chi connectivity index (χ0) is 12.4. The number of piperidine rings is 1. The first-order valence-corrected chi connectivity index (χ1v) is 6.41. The van der Waals surface area contributed by atoms with Gasteiger partial charge in [-0.15, -0.1) is 0 Å². The average Bonchev–Trinajstić information content (AvgIpc) is 2.76. The third-order valence-electron chi connectivity index (χ3n) is 3.89. The summed E-state index contributed by atoms with van der Waals surface area (Å²) >= 11 is 0. The lowest BCUT2D eigenvalue weighted by molar-refractivity contribution is -0.138. The van der Waals surface area contributed by atoms with Gasteiger partial charge in [-0.05, 0) is 38.6 Å².